The van der Waals surface area contributed by atoms with Crippen LogP contribution in [0.1, 0.15) is 35.0 Å². The van der Waals surface area contributed by atoms with Crippen molar-refractivity contribution in [1.29, 1.82) is 0 Å². The first kappa shape index (κ1) is 17.8. The van der Waals surface area contributed by atoms with Crippen LogP contribution in [0.4, 0.5) is 0 Å². The zero-order chi connectivity index (χ0) is 19.0. The van der Waals surface area contributed by atoms with Crippen LogP contribution in [0.2, 0.25) is 5.02 Å². The lowest BCUT2D eigenvalue weighted by Crippen LogP contribution is -2.37. The van der Waals surface area contributed by atoms with Crippen molar-refractivity contribution in [2.75, 3.05) is 13.2 Å². The Morgan fingerprint density at radius 3 is 2.67 bits per heavy atom. The maximum absolute atomic E-state index is 12.9. The number of Topliss-reactive ketones (excluding diaryl/α,β-unsaturated/α-hetero) is 1. The smallest absolute Gasteiger partial charge is 0.290 e. The number of hydrogen-bond donors (Lipinski definition) is 1. The molecule has 2 atom stereocenters. The van der Waals surface area contributed by atoms with Crippen molar-refractivity contribution in [1.82, 2.24) is 4.90 Å². The molecule has 140 valence electrons. The molecule has 1 saturated heterocycles. The van der Waals surface area contributed by atoms with E-state index in [9.17, 15) is 14.7 Å². The third kappa shape index (κ3) is 3.26. The highest BCUT2D eigenvalue weighted by atomic mass is 35.5. The third-order valence-electron chi connectivity index (χ3n) is 4.90. The summed E-state index contributed by atoms with van der Waals surface area (Å²) in [5, 5.41) is 11.1. The molecule has 1 fully saturated rings. The molecular formula is C20H18ClNO5. The number of halogens is 1. The van der Waals surface area contributed by atoms with Gasteiger partial charge in [-0.05, 0) is 42.7 Å². The molecule has 7 heteroatoms. The summed E-state index contributed by atoms with van der Waals surface area (Å²) in [7, 11) is 0. The minimum Gasteiger partial charge on any atom is -0.503 e. The van der Waals surface area contributed by atoms with Crippen molar-refractivity contribution in [3.8, 4) is 0 Å². The quantitative estimate of drug-likeness (QED) is 0.791. The van der Waals surface area contributed by atoms with E-state index in [1.165, 1.54) is 17.2 Å². The Labute approximate surface area is 161 Å². The molecule has 2 aromatic rings. The van der Waals surface area contributed by atoms with Crippen molar-refractivity contribution >= 4 is 23.3 Å². The standard InChI is InChI=1S/C20H18ClNO5/c21-13-7-5-12(6-8-13)17-16(18(23)15-4-2-10-27-15)19(24)20(25)22(17)11-14-3-1-9-26-14/h2,4-8,10,14,17,24H,1,3,9,11H2/t14-,17+/m1/s1. The first-order chi connectivity index (χ1) is 13.1. The summed E-state index contributed by atoms with van der Waals surface area (Å²) in [5.74, 6) is -1.57. The van der Waals surface area contributed by atoms with Crippen LogP contribution in [0, 0.1) is 0 Å². The van der Waals surface area contributed by atoms with Crippen molar-refractivity contribution < 1.29 is 23.8 Å². The van der Waals surface area contributed by atoms with Gasteiger partial charge in [0.1, 0.15) is 0 Å². The van der Waals surface area contributed by atoms with E-state index in [4.69, 9.17) is 20.8 Å². The second-order valence-electron chi connectivity index (χ2n) is 6.62. The molecule has 4 rings (SSSR count). The molecule has 0 bridgehead atoms. The van der Waals surface area contributed by atoms with Crippen molar-refractivity contribution in [2.45, 2.75) is 25.0 Å². The fourth-order valence-corrected chi connectivity index (χ4v) is 3.74. The first-order valence-electron chi connectivity index (χ1n) is 8.75. The molecule has 0 radical (unpaired) electrons. The summed E-state index contributed by atoms with van der Waals surface area (Å²) >= 11 is 5.99. The van der Waals surface area contributed by atoms with Gasteiger partial charge in [0.15, 0.2) is 11.5 Å². The SMILES string of the molecule is O=C(C1=C(O)C(=O)N(C[C@H]2CCCO2)[C@H]1c1ccc(Cl)cc1)c1ccco1. The van der Waals surface area contributed by atoms with E-state index in [1.807, 2.05) is 0 Å². The Morgan fingerprint density at radius 1 is 1.26 bits per heavy atom. The first-order valence-corrected chi connectivity index (χ1v) is 9.13. The second-order valence-corrected chi connectivity index (χ2v) is 7.05. The molecule has 1 N–H and O–H groups in total. The lowest BCUT2D eigenvalue weighted by molar-refractivity contribution is -0.131. The molecule has 0 saturated carbocycles. The normalized spacial score (nSPS) is 22.7. The summed E-state index contributed by atoms with van der Waals surface area (Å²) in [6.45, 7) is 0.945. The minimum absolute atomic E-state index is 0.00951. The van der Waals surface area contributed by atoms with Gasteiger partial charge in [-0.2, -0.15) is 0 Å². The van der Waals surface area contributed by atoms with Gasteiger partial charge in [0.25, 0.3) is 5.91 Å². The number of carbonyl (C=O) groups is 2. The Hall–Kier alpha value is -2.57. The van der Waals surface area contributed by atoms with E-state index in [0.29, 0.717) is 23.7 Å². The average Bonchev–Trinajstić information content (AvgIpc) is 3.41. The molecule has 0 spiro atoms. The maximum atomic E-state index is 12.9. The molecule has 27 heavy (non-hydrogen) atoms. The van der Waals surface area contributed by atoms with Crippen molar-refractivity contribution in [3.05, 3.63) is 70.3 Å². The number of benzene rings is 1. The lowest BCUT2D eigenvalue weighted by Gasteiger charge is -2.28. The van der Waals surface area contributed by atoms with Gasteiger partial charge in [0.05, 0.1) is 24.0 Å². The van der Waals surface area contributed by atoms with Crippen LogP contribution in [0.3, 0.4) is 0 Å². The van der Waals surface area contributed by atoms with Crippen molar-refractivity contribution in [2.24, 2.45) is 0 Å². The highest BCUT2D eigenvalue weighted by Crippen LogP contribution is 2.40. The largest absolute Gasteiger partial charge is 0.503 e. The van der Waals surface area contributed by atoms with Crippen LogP contribution in [0.25, 0.3) is 0 Å². The highest BCUT2D eigenvalue weighted by Gasteiger charge is 2.45. The van der Waals surface area contributed by atoms with Crippen LogP contribution in [0.15, 0.2) is 58.4 Å². The van der Waals surface area contributed by atoms with Gasteiger partial charge >= 0.3 is 0 Å². The highest BCUT2D eigenvalue weighted by molar-refractivity contribution is 6.30. The monoisotopic (exact) mass is 387 g/mol. The number of carbonyl (C=O) groups excluding carboxylic acids is 2. The van der Waals surface area contributed by atoms with Crippen LogP contribution in [0.5, 0.6) is 0 Å². The molecule has 1 amide bonds. The summed E-state index contributed by atoms with van der Waals surface area (Å²) in [6, 6.07) is 9.24. The van der Waals surface area contributed by atoms with Gasteiger partial charge in [-0.25, -0.2) is 0 Å². The van der Waals surface area contributed by atoms with E-state index in [2.05, 4.69) is 0 Å². The zero-order valence-corrected chi connectivity index (χ0v) is 15.2. The number of nitrogens with zero attached hydrogens (tertiary/aromatic N) is 1. The van der Waals surface area contributed by atoms with E-state index in [0.717, 1.165) is 12.8 Å². The number of rotatable bonds is 5. The van der Waals surface area contributed by atoms with Crippen LogP contribution >= 0.6 is 11.6 Å². The molecule has 0 unspecified atom stereocenters. The van der Waals surface area contributed by atoms with Crippen LogP contribution < -0.4 is 0 Å². The predicted molar refractivity (Wildman–Crippen MR) is 97.6 cm³/mol. The fourth-order valence-electron chi connectivity index (χ4n) is 3.61. The Bertz CT molecular complexity index is 882. The number of aliphatic hydroxyl groups is 1. The molecule has 6 nitrogen and oxygen atoms in total. The number of amides is 1. The molecule has 0 aliphatic carbocycles. The Kier molecular flexibility index (Phi) is 4.76. The number of ketones is 1. The minimum atomic E-state index is -0.725. The number of furan rings is 1. The third-order valence-corrected chi connectivity index (χ3v) is 5.16. The second kappa shape index (κ2) is 7.21. The van der Waals surface area contributed by atoms with E-state index < -0.39 is 23.5 Å². The summed E-state index contributed by atoms with van der Waals surface area (Å²) in [5.41, 5.74) is 0.694. The van der Waals surface area contributed by atoms with Crippen LogP contribution in [-0.4, -0.2) is 41.0 Å². The lowest BCUT2D eigenvalue weighted by atomic mass is 9.95. The van der Waals surface area contributed by atoms with E-state index in [1.54, 1.807) is 30.3 Å². The number of ether oxygens (including phenoxy) is 1. The van der Waals surface area contributed by atoms with Crippen LogP contribution in [-0.2, 0) is 9.53 Å². The van der Waals surface area contributed by atoms with Gasteiger partial charge in [-0.3, -0.25) is 9.59 Å². The van der Waals surface area contributed by atoms with Crippen molar-refractivity contribution in [3.63, 3.8) is 0 Å². The van der Waals surface area contributed by atoms with Gasteiger partial charge in [-0.15, -0.1) is 0 Å². The maximum Gasteiger partial charge on any atom is 0.290 e. The number of hydrogen-bond acceptors (Lipinski definition) is 5. The van der Waals surface area contributed by atoms with Gasteiger partial charge in [0, 0.05) is 18.2 Å². The molecule has 2 aliphatic rings. The van der Waals surface area contributed by atoms with E-state index >= 15 is 0 Å². The van der Waals surface area contributed by atoms with Gasteiger partial charge in [-0.1, -0.05) is 23.7 Å². The average molecular weight is 388 g/mol. The summed E-state index contributed by atoms with van der Waals surface area (Å²) in [4.78, 5) is 27.2. The number of aliphatic hydroxyl groups excluding tert-OH is 1. The van der Waals surface area contributed by atoms with Gasteiger partial charge in [0.2, 0.25) is 5.78 Å². The summed E-state index contributed by atoms with van der Waals surface area (Å²) in [6.07, 6.45) is 3.02. The molecular weight excluding hydrogens is 370 g/mol. The molecule has 1 aromatic carbocycles. The molecule has 3 heterocycles. The molecule has 1 aromatic heterocycles. The Balaban J connectivity index is 1.75. The fraction of sp³-hybridized carbons (Fsp3) is 0.300. The predicted octanol–water partition coefficient (Wildman–Crippen LogP) is 3.69. The zero-order valence-electron chi connectivity index (χ0n) is 14.4. The van der Waals surface area contributed by atoms with Gasteiger partial charge < -0.3 is 19.2 Å². The van der Waals surface area contributed by atoms with E-state index in [-0.39, 0.29) is 17.4 Å². The topological polar surface area (TPSA) is 80.0 Å². The Morgan fingerprint density at radius 2 is 2.04 bits per heavy atom. The summed E-state index contributed by atoms with van der Waals surface area (Å²) < 4.78 is 10.8. The molecule has 2 aliphatic heterocycles.